The van der Waals surface area contributed by atoms with Crippen molar-refractivity contribution in [3.63, 3.8) is 0 Å². The van der Waals surface area contributed by atoms with Gasteiger partial charge in [0.15, 0.2) is 0 Å². The van der Waals surface area contributed by atoms with Gasteiger partial charge in [-0.3, -0.25) is 9.59 Å². The lowest BCUT2D eigenvalue weighted by Crippen LogP contribution is -2.57. The van der Waals surface area contributed by atoms with Crippen molar-refractivity contribution in [1.82, 2.24) is 20.1 Å². The largest absolute Gasteiger partial charge is 0.369 e. The normalized spacial score (nSPS) is 15.5. The van der Waals surface area contributed by atoms with E-state index in [1.807, 2.05) is 25.2 Å². The summed E-state index contributed by atoms with van der Waals surface area (Å²) in [6.45, 7) is 4.35. The third-order valence-corrected chi connectivity index (χ3v) is 6.65. The van der Waals surface area contributed by atoms with E-state index in [9.17, 15) is 19.2 Å². The number of pyridine rings is 1. The van der Waals surface area contributed by atoms with Crippen LogP contribution in [0.4, 0.5) is 10.2 Å². The van der Waals surface area contributed by atoms with Crippen LogP contribution in [0.15, 0.2) is 60.7 Å². The van der Waals surface area contributed by atoms with Gasteiger partial charge >= 0.3 is 0 Å². The molecule has 8 nitrogen and oxygen atoms in total. The third kappa shape index (κ3) is 6.52. The van der Waals surface area contributed by atoms with Gasteiger partial charge in [0.05, 0.1) is 28.9 Å². The van der Waals surface area contributed by atoms with Crippen LogP contribution in [0.1, 0.15) is 28.4 Å². The predicted molar refractivity (Wildman–Crippen MR) is 144 cm³/mol. The summed E-state index contributed by atoms with van der Waals surface area (Å²) in [5, 5.41) is 15.7. The summed E-state index contributed by atoms with van der Waals surface area (Å²) in [5.41, 5.74) is 2.87. The Bertz CT molecular complexity index is 1350. The molecular formula is C29H31FN6O2. The molecule has 1 aromatic heterocycles. The van der Waals surface area contributed by atoms with Crippen molar-refractivity contribution in [3.05, 3.63) is 83.2 Å². The summed E-state index contributed by atoms with van der Waals surface area (Å²) in [4.78, 5) is 34.0. The van der Waals surface area contributed by atoms with Crippen molar-refractivity contribution in [3.8, 4) is 17.3 Å². The molecule has 1 aliphatic heterocycles. The van der Waals surface area contributed by atoms with E-state index in [2.05, 4.69) is 21.6 Å². The van der Waals surface area contributed by atoms with Crippen molar-refractivity contribution in [2.75, 3.05) is 45.1 Å². The topological polar surface area (TPSA) is 101 Å². The second kappa shape index (κ2) is 12.3. The number of hydrogen-bond donors (Lipinski definition) is 2. The molecule has 0 unspecified atom stereocenters. The maximum Gasteiger partial charge on any atom is 0.255 e. The molecule has 1 atom stereocenters. The molecule has 1 saturated heterocycles. The number of rotatable bonds is 8. The van der Waals surface area contributed by atoms with E-state index < -0.39 is 0 Å². The predicted octanol–water partition coefficient (Wildman–Crippen LogP) is 3.31. The van der Waals surface area contributed by atoms with Crippen molar-refractivity contribution in [2.45, 2.75) is 19.4 Å². The van der Waals surface area contributed by atoms with Crippen LogP contribution in [0.3, 0.4) is 0 Å². The van der Waals surface area contributed by atoms with Gasteiger partial charge in [0, 0.05) is 45.2 Å². The second-order valence-electron chi connectivity index (χ2n) is 9.40. The van der Waals surface area contributed by atoms with E-state index in [4.69, 9.17) is 4.98 Å². The number of nitrogens with one attached hydrogen (secondary N) is 2. The molecule has 0 spiro atoms. The average molecular weight is 515 g/mol. The first-order chi connectivity index (χ1) is 18.4. The number of anilines is 1. The summed E-state index contributed by atoms with van der Waals surface area (Å²) in [6.07, 6.45) is 0.529. The lowest BCUT2D eigenvalue weighted by Gasteiger charge is -2.39. The number of carbonyl (C=O) groups is 2. The number of carbonyl (C=O) groups excluding carboxylic acids is 2. The van der Waals surface area contributed by atoms with Crippen LogP contribution < -0.4 is 10.6 Å². The molecule has 2 amide bonds. The maximum atomic E-state index is 13.6. The second-order valence-corrected chi connectivity index (χ2v) is 9.40. The highest BCUT2D eigenvalue weighted by Crippen LogP contribution is 2.25. The minimum atomic E-state index is -0.317. The first-order valence-electron chi connectivity index (χ1n) is 12.6. The van der Waals surface area contributed by atoms with Gasteiger partial charge in [-0.25, -0.2) is 9.37 Å². The van der Waals surface area contributed by atoms with Crippen molar-refractivity contribution >= 4 is 17.6 Å². The molecule has 4 rings (SSSR count). The van der Waals surface area contributed by atoms with Crippen LogP contribution in [0.5, 0.6) is 0 Å². The molecule has 1 fully saturated rings. The molecule has 0 saturated carbocycles. The van der Waals surface area contributed by atoms with Crippen molar-refractivity contribution in [2.24, 2.45) is 0 Å². The number of nitriles is 1. The van der Waals surface area contributed by atoms with Gasteiger partial charge < -0.3 is 20.4 Å². The number of piperazine rings is 1. The number of hydrogen-bond acceptors (Lipinski definition) is 6. The van der Waals surface area contributed by atoms with Gasteiger partial charge in [-0.2, -0.15) is 5.26 Å². The van der Waals surface area contributed by atoms with Gasteiger partial charge in [0.1, 0.15) is 11.6 Å². The summed E-state index contributed by atoms with van der Waals surface area (Å²) in [5.74, 6) is -0.265. The fourth-order valence-corrected chi connectivity index (χ4v) is 4.65. The van der Waals surface area contributed by atoms with Crippen molar-refractivity contribution in [1.29, 1.82) is 5.26 Å². The monoisotopic (exact) mass is 514 g/mol. The Morgan fingerprint density at radius 3 is 2.71 bits per heavy atom. The average Bonchev–Trinajstić information content (AvgIpc) is 2.91. The molecule has 2 N–H and O–H groups in total. The van der Waals surface area contributed by atoms with Crippen molar-refractivity contribution < 1.29 is 14.0 Å². The zero-order valence-electron chi connectivity index (χ0n) is 21.6. The molecule has 196 valence electrons. The van der Waals surface area contributed by atoms with E-state index in [0.29, 0.717) is 60.8 Å². The van der Waals surface area contributed by atoms with E-state index in [1.54, 1.807) is 42.2 Å². The van der Waals surface area contributed by atoms with Crippen LogP contribution >= 0.6 is 0 Å². The molecule has 0 aliphatic carbocycles. The smallest absolute Gasteiger partial charge is 0.255 e. The lowest BCUT2D eigenvalue weighted by atomic mass is 10.0. The first kappa shape index (κ1) is 26.8. The van der Waals surface area contributed by atoms with Crippen LogP contribution in [0.2, 0.25) is 0 Å². The summed E-state index contributed by atoms with van der Waals surface area (Å²) in [6, 6.07) is 19.0. The number of halogens is 1. The fourth-order valence-electron chi connectivity index (χ4n) is 4.65. The fraction of sp³-hybridized carbons (Fsp3) is 0.310. The Morgan fingerprint density at radius 2 is 1.95 bits per heavy atom. The van der Waals surface area contributed by atoms with Crippen LogP contribution in [0, 0.1) is 17.1 Å². The number of amides is 2. The van der Waals surface area contributed by atoms with E-state index in [1.165, 1.54) is 12.1 Å². The standard InChI is InChI=1S/C29H31FN6O2/c1-20(37)36-15-14-35(2)19-24(36)18-33-29(38)26-10-11-27(25-9-4-3-7-22(25)17-31)34-28(26)32-13-12-21-6-5-8-23(30)16-21/h3-11,16,24H,12-15,18-19H2,1-2H3,(H,32,34)(H,33,38)/t24-/m0/s1. The van der Waals surface area contributed by atoms with Gasteiger partial charge in [-0.15, -0.1) is 0 Å². The molecule has 2 heterocycles. The lowest BCUT2D eigenvalue weighted by molar-refractivity contribution is -0.133. The highest BCUT2D eigenvalue weighted by Gasteiger charge is 2.28. The Kier molecular flexibility index (Phi) is 8.66. The quantitative estimate of drug-likeness (QED) is 0.478. The van der Waals surface area contributed by atoms with Gasteiger partial charge in [-0.1, -0.05) is 30.3 Å². The minimum absolute atomic E-state index is 0.0146. The number of aromatic nitrogens is 1. The molecule has 1 aliphatic rings. The van der Waals surface area contributed by atoms with Crippen LogP contribution in [-0.4, -0.2) is 72.4 Å². The number of nitrogens with zero attached hydrogens (tertiary/aromatic N) is 4. The first-order valence-corrected chi connectivity index (χ1v) is 12.6. The molecule has 9 heteroatoms. The van der Waals surface area contributed by atoms with Gasteiger partial charge in [0.2, 0.25) is 5.91 Å². The summed E-state index contributed by atoms with van der Waals surface area (Å²) < 4.78 is 13.6. The third-order valence-electron chi connectivity index (χ3n) is 6.65. The Labute approximate surface area is 222 Å². The van der Waals surface area contributed by atoms with Crippen LogP contribution in [0.25, 0.3) is 11.3 Å². The number of benzene rings is 2. The van der Waals surface area contributed by atoms with E-state index in [-0.39, 0.29) is 23.7 Å². The zero-order valence-corrected chi connectivity index (χ0v) is 21.6. The molecule has 38 heavy (non-hydrogen) atoms. The molecule has 3 aromatic rings. The Hall–Kier alpha value is -4.29. The minimum Gasteiger partial charge on any atom is -0.369 e. The zero-order chi connectivity index (χ0) is 27.1. The number of likely N-dealkylation sites (N-methyl/N-ethyl adjacent to an activating group) is 1. The highest BCUT2D eigenvalue weighted by molar-refractivity contribution is 5.99. The summed E-state index contributed by atoms with van der Waals surface area (Å²) >= 11 is 0. The van der Waals surface area contributed by atoms with E-state index >= 15 is 0 Å². The molecule has 0 bridgehead atoms. The van der Waals surface area contributed by atoms with Crippen LogP contribution in [-0.2, 0) is 11.2 Å². The summed E-state index contributed by atoms with van der Waals surface area (Å²) in [7, 11) is 1.99. The molecular weight excluding hydrogens is 483 g/mol. The maximum absolute atomic E-state index is 13.6. The van der Waals surface area contributed by atoms with Gasteiger partial charge in [0.25, 0.3) is 5.91 Å². The Morgan fingerprint density at radius 1 is 1.13 bits per heavy atom. The molecule has 0 radical (unpaired) electrons. The highest BCUT2D eigenvalue weighted by atomic mass is 19.1. The van der Waals surface area contributed by atoms with E-state index in [0.717, 1.165) is 12.1 Å². The molecule has 2 aromatic carbocycles. The SMILES string of the molecule is CC(=O)N1CCN(C)C[C@@H]1CNC(=O)c1ccc(-c2ccccc2C#N)nc1NCCc1cccc(F)c1. The Balaban J connectivity index is 1.56. The van der Waals surface area contributed by atoms with Gasteiger partial charge in [-0.05, 0) is 49.4 Å².